The summed E-state index contributed by atoms with van der Waals surface area (Å²) in [6.45, 7) is 1.39. The summed E-state index contributed by atoms with van der Waals surface area (Å²) in [5, 5.41) is 22.4. The van der Waals surface area contributed by atoms with Gasteiger partial charge in [0, 0.05) is 30.7 Å². The number of carbonyl (C=O) groups is 3. The lowest BCUT2D eigenvalue weighted by Crippen LogP contribution is -2.64. The maximum atomic E-state index is 12.4. The summed E-state index contributed by atoms with van der Waals surface area (Å²) in [6, 6.07) is 6.43. The zero-order valence-electron chi connectivity index (χ0n) is 15.2. The van der Waals surface area contributed by atoms with Crippen LogP contribution in [0.25, 0.3) is 0 Å². The molecule has 1 aliphatic rings. The van der Waals surface area contributed by atoms with Gasteiger partial charge in [0.05, 0.1) is 0 Å². The zero-order chi connectivity index (χ0) is 20.0. The van der Waals surface area contributed by atoms with Crippen LogP contribution in [0.3, 0.4) is 0 Å². The molecule has 1 aromatic rings. The van der Waals surface area contributed by atoms with Gasteiger partial charge in [-0.25, -0.2) is 5.48 Å². The van der Waals surface area contributed by atoms with Crippen LogP contribution in [0.2, 0.25) is 0 Å². The van der Waals surface area contributed by atoms with Crippen molar-refractivity contribution >= 4 is 17.7 Å². The second kappa shape index (κ2) is 8.66. The molecule has 144 valence electrons. The van der Waals surface area contributed by atoms with Crippen molar-refractivity contribution in [3.05, 3.63) is 35.4 Å². The van der Waals surface area contributed by atoms with Gasteiger partial charge >= 0.3 is 0 Å². The first-order chi connectivity index (χ1) is 12.8. The van der Waals surface area contributed by atoms with Crippen molar-refractivity contribution in [2.24, 2.45) is 11.8 Å². The second-order valence-corrected chi connectivity index (χ2v) is 6.66. The third kappa shape index (κ3) is 4.64. The number of hydrogen-bond donors (Lipinski definition) is 5. The number of benzene rings is 1. The summed E-state index contributed by atoms with van der Waals surface area (Å²) in [5.74, 6) is 4.34. The summed E-state index contributed by atoms with van der Waals surface area (Å²) in [6.07, 6.45) is 1.80. The highest BCUT2D eigenvalue weighted by Crippen LogP contribution is 2.32. The second-order valence-electron chi connectivity index (χ2n) is 6.66. The van der Waals surface area contributed by atoms with Crippen molar-refractivity contribution in [2.45, 2.75) is 25.3 Å². The Morgan fingerprint density at radius 1 is 1.19 bits per heavy atom. The molecule has 0 saturated heterocycles. The van der Waals surface area contributed by atoms with Crippen LogP contribution in [0.5, 0.6) is 0 Å². The number of hydroxylamine groups is 1. The van der Waals surface area contributed by atoms with E-state index in [2.05, 4.69) is 22.5 Å². The molecular weight excluding hydrogens is 350 g/mol. The Morgan fingerprint density at radius 3 is 2.33 bits per heavy atom. The Labute approximate surface area is 157 Å². The van der Waals surface area contributed by atoms with Crippen LogP contribution in [0.1, 0.15) is 35.7 Å². The van der Waals surface area contributed by atoms with Crippen LogP contribution >= 0.6 is 0 Å². The Kier molecular flexibility index (Phi) is 6.55. The fraction of sp³-hybridized carbons (Fsp3) is 0.421. The number of aliphatic hydroxyl groups excluding tert-OH is 1. The van der Waals surface area contributed by atoms with Gasteiger partial charge in [-0.05, 0) is 49.9 Å². The lowest BCUT2D eigenvalue weighted by Gasteiger charge is -2.29. The van der Waals surface area contributed by atoms with Crippen molar-refractivity contribution < 1.29 is 24.7 Å². The van der Waals surface area contributed by atoms with Gasteiger partial charge in [-0.1, -0.05) is 11.8 Å². The fourth-order valence-electron chi connectivity index (χ4n) is 2.77. The highest BCUT2D eigenvalue weighted by Gasteiger charge is 2.42. The van der Waals surface area contributed by atoms with Gasteiger partial charge in [-0.2, -0.15) is 0 Å². The summed E-state index contributed by atoms with van der Waals surface area (Å²) < 4.78 is 0. The monoisotopic (exact) mass is 373 g/mol. The van der Waals surface area contributed by atoms with Gasteiger partial charge in [0.15, 0.2) is 5.54 Å². The molecule has 8 heteroatoms. The van der Waals surface area contributed by atoms with E-state index in [-0.39, 0.29) is 18.1 Å². The summed E-state index contributed by atoms with van der Waals surface area (Å²) in [5.41, 5.74) is 0.396. The third-order valence-electron chi connectivity index (χ3n) is 4.66. The number of likely N-dealkylation sites (N-methyl/N-ethyl adjacent to an activating group) is 1. The minimum atomic E-state index is -1.97. The number of hydrogen-bond acceptors (Lipinski definition) is 5. The number of nitrogens with one attached hydrogen (secondary N) is 3. The van der Waals surface area contributed by atoms with Crippen molar-refractivity contribution in [2.75, 3.05) is 13.7 Å². The molecule has 5 N–H and O–H groups in total. The molecule has 1 unspecified atom stereocenters. The molecule has 1 aliphatic carbocycles. The molecule has 2 rings (SSSR count). The molecule has 1 atom stereocenters. The Hall–Kier alpha value is -2.89. The molecule has 1 saturated carbocycles. The van der Waals surface area contributed by atoms with Crippen LogP contribution < -0.4 is 16.1 Å². The first-order valence-electron chi connectivity index (χ1n) is 8.55. The fourth-order valence-corrected chi connectivity index (χ4v) is 2.77. The lowest BCUT2D eigenvalue weighted by atomic mass is 9.76. The first kappa shape index (κ1) is 20.4. The number of rotatable bonds is 5. The molecule has 0 spiro atoms. The van der Waals surface area contributed by atoms with E-state index in [4.69, 9.17) is 10.3 Å². The number of aliphatic hydroxyl groups is 1. The third-order valence-corrected chi connectivity index (χ3v) is 4.66. The first-order valence-corrected chi connectivity index (χ1v) is 8.55. The largest absolute Gasteiger partial charge is 0.396 e. The van der Waals surface area contributed by atoms with Crippen molar-refractivity contribution in [1.82, 2.24) is 16.1 Å². The van der Waals surface area contributed by atoms with Gasteiger partial charge in [0.2, 0.25) is 0 Å². The molecule has 0 heterocycles. The van der Waals surface area contributed by atoms with Crippen LogP contribution in [0.15, 0.2) is 24.3 Å². The lowest BCUT2D eigenvalue weighted by molar-refractivity contribution is -0.143. The van der Waals surface area contributed by atoms with E-state index in [1.54, 1.807) is 12.1 Å². The van der Waals surface area contributed by atoms with Gasteiger partial charge in [0.1, 0.15) is 0 Å². The van der Waals surface area contributed by atoms with Crippen LogP contribution in [0.4, 0.5) is 0 Å². The van der Waals surface area contributed by atoms with Crippen molar-refractivity contribution in [3.63, 3.8) is 0 Å². The highest BCUT2D eigenvalue weighted by atomic mass is 16.5. The standard InChI is InChI=1S/C19H23N3O5/c1-19(17(25)20-2,18(26)22-27)21-16(24)15-7-5-12(6-8-15)3-4-13-9-14(10-13)11-23/h5-8,13-14,23,27H,9-11H2,1-2H3,(H,20,25)(H,21,24)(H,22,26). The van der Waals surface area contributed by atoms with Gasteiger partial charge < -0.3 is 15.7 Å². The Morgan fingerprint density at radius 2 is 1.81 bits per heavy atom. The topological polar surface area (TPSA) is 128 Å². The minimum absolute atomic E-state index is 0.200. The zero-order valence-corrected chi connectivity index (χ0v) is 15.2. The molecule has 0 aromatic heterocycles. The van der Waals surface area contributed by atoms with E-state index in [0.717, 1.165) is 18.4 Å². The summed E-state index contributed by atoms with van der Waals surface area (Å²) in [7, 11) is 1.32. The van der Waals surface area contributed by atoms with Crippen LogP contribution in [0, 0.1) is 23.7 Å². The predicted molar refractivity (Wildman–Crippen MR) is 96.5 cm³/mol. The maximum Gasteiger partial charge on any atom is 0.278 e. The average molecular weight is 373 g/mol. The van der Waals surface area contributed by atoms with Crippen LogP contribution in [-0.4, -0.2) is 47.2 Å². The predicted octanol–water partition coefficient (Wildman–Crippen LogP) is -0.203. The normalized spacial score (nSPS) is 20.1. The molecule has 0 radical (unpaired) electrons. The Balaban J connectivity index is 2.05. The molecule has 0 aliphatic heterocycles. The molecular formula is C19H23N3O5. The van der Waals surface area contributed by atoms with Gasteiger partial charge in [-0.3, -0.25) is 19.6 Å². The SMILES string of the molecule is CNC(=O)C(C)(NC(=O)c1ccc(C#CC2CC(CO)C2)cc1)C(=O)NO. The van der Waals surface area contributed by atoms with Crippen LogP contribution in [-0.2, 0) is 9.59 Å². The van der Waals surface area contributed by atoms with E-state index < -0.39 is 23.3 Å². The van der Waals surface area contributed by atoms with Crippen molar-refractivity contribution in [1.29, 1.82) is 0 Å². The quantitative estimate of drug-likeness (QED) is 0.211. The number of amides is 3. The van der Waals surface area contributed by atoms with E-state index >= 15 is 0 Å². The molecule has 0 bridgehead atoms. The highest BCUT2D eigenvalue weighted by molar-refractivity contribution is 6.12. The summed E-state index contributed by atoms with van der Waals surface area (Å²) in [4.78, 5) is 36.2. The van der Waals surface area contributed by atoms with Crippen molar-refractivity contribution in [3.8, 4) is 11.8 Å². The van der Waals surface area contributed by atoms with Gasteiger partial charge in [0.25, 0.3) is 17.7 Å². The maximum absolute atomic E-state index is 12.4. The minimum Gasteiger partial charge on any atom is -0.396 e. The van der Waals surface area contributed by atoms with Gasteiger partial charge in [-0.15, -0.1) is 0 Å². The molecule has 1 aromatic carbocycles. The Bertz CT molecular complexity index is 757. The summed E-state index contributed by atoms with van der Waals surface area (Å²) >= 11 is 0. The van der Waals surface area contributed by atoms with E-state index in [1.807, 2.05) is 0 Å². The number of carbonyl (C=O) groups excluding carboxylic acids is 3. The van der Waals surface area contributed by atoms with E-state index in [1.165, 1.54) is 31.6 Å². The molecule has 8 nitrogen and oxygen atoms in total. The molecule has 1 fully saturated rings. The smallest absolute Gasteiger partial charge is 0.278 e. The average Bonchev–Trinajstić information content (AvgIpc) is 2.65. The molecule has 3 amide bonds. The molecule has 27 heavy (non-hydrogen) atoms. The van der Waals surface area contributed by atoms with E-state index in [0.29, 0.717) is 5.92 Å². The van der Waals surface area contributed by atoms with E-state index in [9.17, 15) is 14.4 Å².